The van der Waals surface area contributed by atoms with E-state index in [1.54, 1.807) is 34.2 Å². The van der Waals surface area contributed by atoms with Gasteiger partial charge in [-0.15, -0.1) is 0 Å². The summed E-state index contributed by atoms with van der Waals surface area (Å²) in [4.78, 5) is 29.9. The molecular weight excluding hydrogens is 408 g/mol. The number of rotatable bonds is 3. The lowest BCUT2D eigenvalue weighted by Gasteiger charge is -2.38. The van der Waals surface area contributed by atoms with Crippen LogP contribution in [0.1, 0.15) is 18.4 Å². The van der Waals surface area contributed by atoms with Crippen LogP contribution in [0.3, 0.4) is 0 Å². The Morgan fingerprint density at radius 3 is 3.00 bits per heavy atom. The highest BCUT2D eigenvalue weighted by Gasteiger charge is 2.45. The van der Waals surface area contributed by atoms with Gasteiger partial charge in [0.25, 0.3) is 0 Å². The number of carbonyl (C=O) groups is 1. The number of anilines is 1. The van der Waals surface area contributed by atoms with Crippen LogP contribution in [-0.4, -0.2) is 71.4 Å². The molecule has 2 unspecified atom stereocenters. The fourth-order valence-corrected chi connectivity index (χ4v) is 4.60. The van der Waals surface area contributed by atoms with Gasteiger partial charge in [-0.2, -0.15) is 15.5 Å². The molecule has 6 rings (SSSR count). The van der Waals surface area contributed by atoms with E-state index in [1.807, 2.05) is 13.2 Å². The third kappa shape index (κ3) is 2.73. The van der Waals surface area contributed by atoms with E-state index >= 15 is 0 Å². The number of likely N-dealkylation sites (N-methyl/N-ethyl adjacent to an activating group) is 1. The van der Waals surface area contributed by atoms with Crippen molar-refractivity contribution in [1.82, 2.24) is 39.8 Å². The number of H-pyrrole nitrogens is 1. The number of nitrogens with one attached hydrogen (secondary N) is 1. The van der Waals surface area contributed by atoms with Crippen LogP contribution < -0.4 is 4.90 Å². The SMILES string of the molecule is CN1CC2CCC(C1=O)N2c1ncc2[nH]nc(-c3cnn(-c4cncc(C#N)c4)c3)c2n1. The number of pyridine rings is 1. The quantitative estimate of drug-likeness (QED) is 0.518. The molecular formula is C21H18N10O. The molecule has 2 bridgehead atoms. The highest BCUT2D eigenvalue weighted by Crippen LogP contribution is 2.34. The van der Waals surface area contributed by atoms with Gasteiger partial charge in [-0.25, -0.2) is 14.6 Å². The summed E-state index contributed by atoms with van der Waals surface area (Å²) in [5.74, 6) is 0.664. The van der Waals surface area contributed by atoms with E-state index in [4.69, 9.17) is 10.2 Å². The molecule has 2 saturated heterocycles. The maximum atomic E-state index is 12.6. The smallest absolute Gasteiger partial charge is 0.245 e. The first-order valence-corrected chi connectivity index (χ1v) is 10.3. The zero-order chi connectivity index (χ0) is 21.8. The Labute approximate surface area is 182 Å². The number of likely N-dealkylation sites (tertiary alicyclic amines) is 1. The van der Waals surface area contributed by atoms with Crippen molar-refractivity contribution in [3.05, 3.63) is 42.6 Å². The second-order valence-corrected chi connectivity index (χ2v) is 8.09. The van der Waals surface area contributed by atoms with Gasteiger partial charge in [0.1, 0.15) is 28.8 Å². The molecule has 4 aromatic heterocycles. The minimum atomic E-state index is -0.214. The lowest BCUT2D eigenvalue weighted by Crippen LogP contribution is -2.56. The second kappa shape index (κ2) is 6.84. The van der Waals surface area contributed by atoms with Crippen molar-refractivity contribution in [2.45, 2.75) is 24.9 Å². The molecule has 32 heavy (non-hydrogen) atoms. The van der Waals surface area contributed by atoms with Crippen molar-refractivity contribution in [1.29, 1.82) is 5.26 Å². The fourth-order valence-electron chi connectivity index (χ4n) is 4.60. The largest absolute Gasteiger partial charge is 0.342 e. The molecule has 1 N–H and O–H groups in total. The summed E-state index contributed by atoms with van der Waals surface area (Å²) in [6.45, 7) is 0.678. The first-order valence-electron chi connectivity index (χ1n) is 10.3. The van der Waals surface area contributed by atoms with Gasteiger partial charge in [-0.3, -0.25) is 14.9 Å². The number of nitrogens with zero attached hydrogens (tertiary/aromatic N) is 9. The van der Waals surface area contributed by atoms with Crippen LogP contribution in [0.15, 0.2) is 37.1 Å². The summed E-state index contributed by atoms with van der Waals surface area (Å²) in [5, 5.41) is 20.9. The Kier molecular flexibility index (Phi) is 3.94. The molecule has 2 aliphatic rings. The van der Waals surface area contributed by atoms with E-state index in [0.717, 1.165) is 18.4 Å². The summed E-state index contributed by atoms with van der Waals surface area (Å²) in [7, 11) is 1.85. The van der Waals surface area contributed by atoms with Crippen LogP contribution in [-0.2, 0) is 4.79 Å². The van der Waals surface area contributed by atoms with E-state index in [9.17, 15) is 4.79 Å². The highest BCUT2D eigenvalue weighted by molar-refractivity contribution is 5.91. The predicted octanol–water partition coefficient (Wildman–Crippen LogP) is 1.28. The van der Waals surface area contributed by atoms with Crippen molar-refractivity contribution in [3.8, 4) is 23.0 Å². The molecule has 0 aliphatic carbocycles. The van der Waals surface area contributed by atoms with Gasteiger partial charge < -0.3 is 9.80 Å². The van der Waals surface area contributed by atoms with Gasteiger partial charge in [0.05, 0.1) is 35.9 Å². The third-order valence-electron chi connectivity index (χ3n) is 6.14. The molecule has 11 nitrogen and oxygen atoms in total. The monoisotopic (exact) mass is 426 g/mol. The zero-order valence-corrected chi connectivity index (χ0v) is 17.2. The lowest BCUT2D eigenvalue weighted by atomic mass is 10.2. The number of hydrogen-bond donors (Lipinski definition) is 1. The molecule has 1 amide bonds. The molecule has 0 radical (unpaired) electrons. The van der Waals surface area contributed by atoms with Gasteiger partial charge in [0.15, 0.2) is 0 Å². The summed E-state index contributed by atoms with van der Waals surface area (Å²) in [6, 6.07) is 3.80. The van der Waals surface area contributed by atoms with Gasteiger partial charge in [-0.05, 0) is 18.9 Å². The molecule has 0 spiro atoms. The zero-order valence-electron chi connectivity index (χ0n) is 17.2. The van der Waals surface area contributed by atoms with Crippen LogP contribution in [0.25, 0.3) is 28.0 Å². The minimum absolute atomic E-state index is 0.115. The summed E-state index contributed by atoms with van der Waals surface area (Å²) in [6.07, 6.45) is 10.1. The van der Waals surface area contributed by atoms with E-state index in [-0.39, 0.29) is 18.0 Å². The average Bonchev–Trinajstić information content (AvgIpc) is 3.54. The normalized spacial score (nSPS) is 20.2. The highest BCUT2D eigenvalue weighted by atomic mass is 16.2. The fraction of sp³-hybridized carbons (Fsp3) is 0.286. The minimum Gasteiger partial charge on any atom is -0.342 e. The van der Waals surface area contributed by atoms with Crippen molar-refractivity contribution < 1.29 is 4.79 Å². The Morgan fingerprint density at radius 1 is 1.22 bits per heavy atom. The maximum Gasteiger partial charge on any atom is 0.245 e. The van der Waals surface area contributed by atoms with Gasteiger partial charge >= 0.3 is 0 Å². The number of hydrogen-bond acceptors (Lipinski definition) is 8. The third-order valence-corrected chi connectivity index (χ3v) is 6.14. The van der Waals surface area contributed by atoms with Crippen LogP contribution in [0.2, 0.25) is 0 Å². The summed E-state index contributed by atoms with van der Waals surface area (Å²) >= 11 is 0. The van der Waals surface area contributed by atoms with Crippen LogP contribution in [0, 0.1) is 11.3 Å². The molecule has 2 atom stereocenters. The Morgan fingerprint density at radius 2 is 2.12 bits per heavy atom. The second-order valence-electron chi connectivity index (χ2n) is 8.09. The van der Waals surface area contributed by atoms with E-state index in [2.05, 4.69) is 36.2 Å². The van der Waals surface area contributed by atoms with Crippen LogP contribution in [0.5, 0.6) is 0 Å². The summed E-state index contributed by atoms with van der Waals surface area (Å²) < 4.78 is 1.64. The molecule has 0 saturated carbocycles. The standard InChI is InChI=1S/C21H18N10O/c1-29-11-14-2-3-17(20(29)32)31(14)21-24-9-16-19(26-21)18(28-27-16)13-7-25-30(10-13)15-4-12(5-22)6-23-8-15/h4,6-10,14,17H,2-3,11H2,1H3,(H,27,28). The molecule has 2 aliphatic heterocycles. The number of nitriles is 1. The number of aromatic nitrogens is 7. The number of fused-ring (bicyclic) bond motifs is 3. The predicted molar refractivity (Wildman–Crippen MR) is 114 cm³/mol. The average molecular weight is 426 g/mol. The first kappa shape index (κ1) is 18.4. The van der Waals surface area contributed by atoms with Crippen molar-refractivity contribution >= 4 is 22.9 Å². The molecule has 0 aromatic carbocycles. The van der Waals surface area contributed by atoms with Gasteiger partial charge in [0, 0.05) is 31.5 Å². The van der Waals surface area contributed by atoms with Crippen molar-refractivity contribution in [2.75, 3.05) is 18.5 Å². The van der Waals surface area contributed by atoms with E-state index in [1.165, 1.54) is 6.20 Å². The van der Waals surface area contributed by atoms with E-state index < -0.39 is 0 Å². The number of piperazine rings is 1. The number of aromatic amines is 1. The Hall–Kier alpha value is -4.33. The number of amides is 1. The first-order chi connectivity index (χ1) is 15.6. The topological polar surface area (TPSA) is 133 Å². The lowest BCUT2D eigenvalue weighted by molar-refractivity contribution is -0.132. The van der Waals surface area contributed by atoms with Gasteiger partial charge in [-0.1, -0.05) is 0 Å². The molecule has 158 valence electrons. The molecule has 4 aromatic rings. The van der Waals surface area contributed by atoms with Crippen molar-refractivity contribution in [2.24, 2.45) is 0 Å². The molecule has 11 heteroatoms. The van der Waals surface area contributed by atoms with Gasteiger partial charge in [0.2, 0.25) is 11.9 Å². The molecule has 2 fully saturated rings. The van der Waals surface area contributed by atoms with Crippen molar-refractivity contribution in [3.63, 3.8) is 0 Å². The number of carbonyl (C=O) groups excluding carboxylic acids is 1. The maximum absolute atomic E-state index is 12.6. The molecule has 6 heterocycles. The summed E-state index contributed by atoms with van der Waals surface area (Å²) in [5.41, 5.74) is 3.92. The van der Waals surface area contributed by atoms with Crippen LogP contribution >= 0.6 is 0 Å². The van der Waals surface area contributed by atoms with E-state index in [0.29, 0.717) is 40.5 Å². The Bertz CT molecular complexity index is 1400. The van der Waals surface area contributed by atoms with Crippen LogP contribution in [0.4, 0.5) is 5.95 Å². The Balaban J connectivity index is 1.38.